The molecule has 1 aliphatic rings. The van der Waals surface area contributed by atoms with Crippen LogP contribution in [0.25, 0.3) is 0 Å². The maximum Gasteiger partial charge on any atom is 0.254 e. The van der Waals surface area contributed by atoms with Gasteiger partial charge in [-0.05, 0) is 68.8 Å². The highest BCUT2D eigenvalue weighted by molar-refractivity contribution is 7.91. The first-order valence-corrected chi connectivity index (χ1v) is 13.4. The average molecular weight is 506 g/mol. The summed E-state index contributed by atoms with van der Waals surface area (Å²) >= 11 is 0. The highest BCUT2D eigenvalue weighted by atomic mass is 32.2. The average Bonchev–Trinajstić information content (AvgIpc) is 2.83. The van der Waals surface area contributed by atoms with Crippen molar-refractivity contribution in [1.29, 1.82) is 0 Å². The number of piperazine rings is 1. The van der Waals surface area contributed by atoms with Crippen molar-refractivity contribution in [2.24, 2.45) is 0 Å². The maximum absolute atomic E-state index is 13.4. The van der Waals surface area contributed by atoms with Gasteiger partial charge < -0.3 is 15.1 Å². The number of carbonyl (C=O) groups is 2. The highest BCUT2D eigenvalue weighted by Gasteiger charge is 2.29. The molecule has 1 heterocycles. The summed E-state index contributed by atoms with van der Waals surface area (Å²) in [5.74, 6) is -0.614. The Labute approximate surface area is 212 Å². The van der Waals surface area contributed by atoms with E-state index in [1.54, 1.807) is 17.0 Å². The predicted molar refractivity (Wildman–Crippen MR) is 141 cm³/mol. The van der Waals surface area contributed by atoms with E-state index in [-0.39, 0.29) is 27.4 Å². The van der Waals surface area contributed by atoms with Gasteiger partial charge in [0.15, 0.2) is 0 Å². The molecule has 8 heteroatoms. The largest absolute Gasteiger partial charge is 0.365 e. The Morgan fingerprint density at radius 2 is 1.64 bits per heavy atom. The summed E-state index contributed by atoms with van der Waals surface area (Å²) in [6.07, 6.45) is 0. The quantitative estimate of drug-likeness (QED) is 0.554. The van der Waals surface area contributed by atoms with Crippen molar-refractivity contribution in [2.75, 3.05) is 29.9 Å². The summed E-state index contributed by atoms with van der Waals surface area (Å²) in [7, 11) is -3.90. The number of rotatable bonds is 5. The third-order valence-electron chi connectivity index (χ3n) is 6.41. The number of aryl methyl sites for hydroxylation is 2. The van der Waals surface area contributed by atoms with Gasteiger partial charge in [0, 0.05) is 43.9 Å². The van der Waals surface area contributed by atoms with Crippen molar-refractivity contribution < 1.29 is 18.0 Å². The molecule has 188 valence electrons. The molecule has 3 aromatic rings. The van der Waals surface area contributed by atoms with Crippen LogP contribution in [0.4, 0.5) is 11.4 Å². The summed E-state index contributed by atoms with van der Waals surface area (Å²) in [5, 5.41) is 2.60. The number of nitrogens with one attached hydrogen (secondary N) is 1. The van der Waals surface area contributed by atoms with Crippen LogP contribution in [-0.4, -0.2) is 50.8 Å². The van der Waals surface area contributed by atoms with Crippen LogP contribution in [0.3, 0.4) is 0 Å². The van der Waals surface area contributed by atoms with E-state index in [0.717, 1.165) is 11.3 Å². The lowest BCUT2D eigenvalue weighted by molar-refractivity contribution is -0.114. The number of amides is 2. The third-order valence-corrected chi connectivity index (χ3v) is 8.23. The van der Waals surface area contributed by atoms with E-state index >= 15 is 0 Å². The zero-order valence-electron chi connectivity index (χ0n) is 21.0. The second-order valence-electron chi connectivity index (χ2n) is 9.34. The second-order valence-corrected chi connectivity index (χ2v) is 11.3. The van der Waals surface area contributed by atoms with Crippen molar-refractivity contribution in [1.82, 2.24) is 4.90 Å². The van der Waals surface area contributed by atoms with Gasteiger partial charge >= 0.3 is 0 Å². The normalized spacial score (nSPS) is 16.1. The summed E-state index contributed by atoms with van der Waals surface area (Å²) in [6, 6.07) is 19.3. The number of benzene rings is 3. The number of sulfone groups is 1. The number of hydrogen-bond acceptors (Lipinski definition) is 5. The summed E-state index contributed by atoms with van der Waals surface area (Å²) in [4.78, 5) is 29.4. The van der Waals surface area contributed by atoms with E-state index in [4.69, 9.17) is 0 Å². The first kappa shape index (κ1) is 25.4. The molecule has 0 unspecified atom stereocenters. The first-order chi connectivity index (χ1) is 17.1. The Morgan fingerprint density at radius 3 is 2.28 bits per heavy atom. The molecule has 1 saturated heterocycles. The fourth-order valence-corrected chi connectivity index (χ4v) is 5.94. The number of nitrogens with zero attached hydrogens (tertiary/aromatic N) is 2. The molecular formula is C28H31N3O4S. The van der Waals surface area contributed by atoms with Gasteiger partial charge in [0.25, 0.3) is 5.91 Å². The van der Waals surface area contributed by atoms with Crippen LogP contribution in [-0.2, 0) is 14.6 Å². The number of hydrogen-bond donors (Lipinski definition) is 1. The van der Waals surface area contributed by atoms with E-state index < -0.39 is 15.7 Å². The van der Waals surface area contributed by atoms with Crippen LogP contribution in [0.5, 0.6) is 0 Å². The second kappa shape index (κ2) is 10.1. The molecule has 0 radical (unpaired) electrons. The summed E-state index contributed by atoms with van der Waals surface area (Å²) in [6.45, 7) is 9.09. The SMILES string of the molecule is CC(=O)Nc1cc(C(=O)N2CCN(c3cccc(C)c3)[C@H](C)C2)ccc1S(=O)(=O)c1ccc(C)cc1. The molecule has 0 spiro atoms. The lowest BCUT2D eigenvalue weighted by atomic mass is 10.1. The molecule has 2 amide bonds. The van der Waals surface area contributed by atoms with Crippen LogP contribution < -0.4 is 10.2 Å². The van der Waals surface area contributed by atoms with Gasteiger partial charge in [-0.15, -0.1) is 0 Å². The summed E-state index contributed by atoms with van der Waals surface area (Å²) < 4.78 is 26.6. The van der Waals surface area contributed by atoms with E-state index in [0.29, 0.717) is 25.2 Å². The van der Waals surface area contributed by atoms with Crippen molar-refractivity contribution >= 4 is 33.0 Å². The van der Waals surface area contributed by atoms with Gasteiger partial charge in [0.05, 0.1) is 15.5 Å². The van der Waals surface area contributed by atoms with Crippen molar-refractivity contribution in [2.45, 2.75) is 43.5 Å². The predicted octanol–water partition coefficient (Wildman–Crippen LogP) is 4.45. The smallest absolute Gasteiger partial charge is 0.254 e. The molecular weight excluding hydrogens is 474 g/mol. The van der Waals surface area contributed by atoms with Crippen LogP contribution in [0.2, 0.25) is 0 Å². The molecule has 1 aliphatic heterocycles. The lowest BCUT2D eigenvalue weighted by Gasteiger charge is -2.41. The van der Waals surface area contributed by atoms with E-state index in [1.165, 1.54) is 42.8 Å². The van der Waals surface area contributed by atoms with Gasteiger partial charge in [-0.2, -0.15) is 0 Å². The molecule has 0 bridgehead atoms. The van der Waals surface area contributed by atoms with Crippen LogP contribution in [0.1, 0.15) is 35.3 Å². The molecule has 0 aliphatic carbocycles. The van der Waals surface area contributed by atoms with Crippen LogP contribution in [0, 0.1) is 13.8 Å². The van der Waals surface area contributed by atoms with Crippen LogP contribution >= 0.6 is 0 Å². The standard InChI is InChI=1S/C28H31N3O4S/c1-19-8-11-25(12-9-19)36(34,35)27-13-10-23(17-26(27)29-22(4)32)28(33)30-14-15-31(21(3)18-30)24-7-5-6-20(2)16-24/h5-13,16-17,21H,14-15,18H2,1-4H3,(H,29,32)/t21-/m1/s1. The van der Waals surface area contributed by atoms with E-state index in [2.05, 4.69) is 42.3 Å². The van der Waals surface area contributed by atoms with Crippen molar-refractivity contribution in [3.63, 3.8) is 0 Å². The Hall–Kier alpha value is -3.65. The Bertz CT molecular complexity index is 1400. The first-order valence-electron chi connectivity index (χ1n) is 11.9. The molecule has 1 atom stereocenters. The molecule has 0 aromatic heterocycles. The minimum atomic E-state index is -3.90. The molecule has 3 aromatic carbocycles. The molecule has 36 heavy (non-hydrogen) atoms. The van der Waals surface area contributed by atoms with Crippen LogP contribution in [0.15, 0.2) is 76.5 Å². The molecule has 0 saturated carbocycles. The topological polar surface area (TPSA) is 86.8 Å². The Morgan fingerprint density at radius 1 is 0.917 bits per heavy atom. The minimum absolute atomic E-state index is 0.0456. The number of anilines is 2. The van der Waals surface area contributed by atoms with Crippen molar-refractivity contribution in [3.8, 4) is 0 Å². The zero-order valence-corrected chi connectivity index (χ0v) is 21.8. The van der Waals surface area contributed by atoms with Gasteiger partial charge in [-0.25, -0.2) is 8.42 Å². The van der Waals surface area contributed by atoms with Gasteiger partial charge in [-0.1, -0.05) is 29.8 Å². The monoisotopic (exact) mass is 505 g/mol. The number of carbonyl (C=O) groups excluding carboxylic acids is 2. The Balaban J connectivity index is 1.60. The van der Waals surface area contributed by atoms with E-state index in [9.17, 15) is 18.0 Å². The van der Waals surface area contributed by atoms with Gasteiger partial charge in [0.1, 0.15) is 0 Å². The van der Waals surface area contributed by atoms with E-state index in [1.807, 2.05) is 13.0 Å². The summed E-state index contributed by atoms with van der Waals surface area (Å²) in [5.41, 5.74) is 3.68. The highest BCUT2D eigenvalue weighted by Crippen LogP contribution is 2.30. The maximum atomic E-state index is 13.4. The minimum Gasteiger partial charge on any atom is -0.365 e. The van der Waals surface area contributed by atoms with Crippen molar-refractivity contribution in [3.05, 3.63) is 83.4 Å². The molecule has 1 N–H and O–H groups in total. The van der Waals surface area contributed by atoms with Gasteiger partial charge in [-0.3, -0.25) is 9.59 Å². The fourth-order valence-electron chi connectivity index (χ4n) is 4.54. The van der Waals surface area contributed by atoms with Gasteiger partial charge in [0.2, 0.25) is 15.7 Å². The molecule has 1 fully saturated rings. The fraction of sp³-hybridized carbons (Fsp3) is 0.286. The third kappa shape index (κ3) is 5.28. The zero-order chi connectivity index (χ0) is 26.0. The Kier molecular flexibility index (Phi) is 7.17. The molecule has 4 rings (SSSR count). The molecule has 7 nitrogen and oxygen atoms in total. The lowest BCUT2D eigenvalue weighted by Crippen LogP contribution is -2.53.